The standard InChI is InChI=1S/C15H24O3/c1-10(2)6-5-7-11(3)14-12(16)8-9-13(17)15(14)18-4/h8-11,16-17H,5-7H2,1-4H3. The lowest BCUT2D eigenvalue weighted by molar-refractivity contribution is 0.356. The fraction of sp³-hybridized carbons (Fsp3) is 0.600. The van der Waals surface area contributed by atoms with Crippen LogP contribution in [-0.4, -0.2) is 17.3 Å². The Hall–Kier alpha value is -1.38. The Balaban J connectivity index is 2.84. The van der Waals surface area contributed by atoms with Crippen molar-refractivity contribution in [3.8, 4) is 17.2 Å². The number of ether oxygens (including phenoxy) is 1. The van der Waals surface area contributed by atoms with Gasteiger partial charge in [-0.2, -0.15) is 0 Å². The van der Waals surface area contributed by atoms with Crippen molar-refractivity contribution in [1.29, 1.82) is 0 Å². The molecule has 0 aliphatic rings. The average Bonchev–Trinajstić information content (AvgIpc) is 2.30. The summed E-state index contributed by atoms with van der Waals surface area (Å²) in [6.07, 6.45) is 3.26. The summed E-state index contributed by atoms with van der Waals surface area (Å²) in [5.74, 6) is 1.54. The number of benzene rings is 1. The monoisotopic (exact) mass is 252 g/mol. The van der Waals surface area contributed by atoms with Crippen LogP contribution in [0, 0.1) is 5.92 Å². The molecule has 0 aromatic heterocycles. The van der Waals surface area contributed by atoms with Crippen molar-refractivity contribution < 1.29 is 14.9 Å². The molecule has 0 radical (unpaired) electrons. The Morgan fingerprint density at radius 2 is 1.67 bits per heavy atom. The third-order valence-electron chi connectivity index (χ3n) is 3.27. The number of rotatable bonds is 6. The number of aromatic hydroxyl groups is 2. The molecule has 18 heavy (non-hydrogen) atoms. The minimum absolute atomic E-state index is 0.0843. The first-order valence-corrected chi connectivity index (χ1v) is 6.56. The molecule has 0 bridgehead atoms. The third kappa shape index (κ3) is 3.56. The highest BCUT2D eigenvalue weighted by Crippen LogP contribution is 2.42. The summed E-state index contributed by atoms with van der Waals surface area (Å²) >= 11 is 0. The number of phenols is 2. The van der Waals surface area contributed by atoms with Gasteiger partial charge in [0.25, 0.3) is 0 Å². The minimum atomic E-state index is 0.0843. The van der Waals surface area contributed by atoms with Crippen LogP contribution in [0.2, 0.25) is 0 Å². The van der Waals surface area contributed by atoms with Crippen LogP contribution < -0.4 is 4.74 Å². The second kappa shape index (κ2) is 6.53. The van der Waals surface area contributed by atoms with Gasteiger partial charge < -0.3 is 14.9 Å². The van der Waals surface area contributed by atoms with Crippen molar-refractivity contribution in [2.75, 3.05) is 7.11 Å². The maximum atomic E-state index is 9.93. The van der Waals surface area contributed by atoms with Gasteiger partial charge in [0.05, 0.1) is 7.11 Å². The number of methoxy groups -OCH3 is 1. The van der Waals surface area contributed by atoms with E-state index in [0.29, 0.717) is 17.2 Å². The SMILES string of the molecule is COc1c(O)ccc(O)c1C(C)CCCC(C)C. The molecule has 3 nitrogen and oxygen atoms in total. The number of hydrogen-bond donors (Lipinski definition) is 2. The van der Waals surface area contributed by atoms with Gasteiger partial charge in [-0.3, -0.25) is 0 Å². The molecular formula is C15H24O3. The Morgan fingerprint density at radius 3 is 2.22 bits per heavy atom. The molecule has 0 saturated carbocycles. The maximum Gasteiger partial charge on any atom is 0.167 e. The van der Waals surface area contributed by atoms with E-state index in [4.69, 9.17) is 4.74 Å². The van der Waals surface area contributed by atoms with Gasteiger partial charge in [0.1, 0.15) is 5.75 Å². The molecular weight excluding hydrogens is 228 g/mol. The van der Waals surface area contributed by atoms with E-state index < -0.39 is 0 Å². The summed E-state index contributed by atoms with van der Waals surface area (Å²) in [5.41, 5.74) is 0.709. The zero-order chi connectivity index (χ0) is 13.7. The van der Waals surface area contributed by atoms with Crippen molar-refractivity contribution in [1.82, 2.24) is 0 Å². The zero-order valence-electron chi connectivity index (χ0n) is 11.7. The molecule has 1 unspecified atom stereocenters. The van der Waals surface area contributed by atoms with Gasteiger partial charge in [0, 0.05) is 5.56 Å². The van der Waals surface area contributed by atoms with Crippen LogP contribution in [0.25, 0.3) is 0 Å². The second-order valence-corrected chi connectivity index (χ2v) is 5.28. The molecule has 0 spiro atoms. The summed E-state index contributed by atoms with van der Waals surface area (Å²) in [7, 11) is 1.51. The van der Waals surface area contributed by atoms with Crippen LogP contribution in [0.4, 0.5) is 0 Å². The van der Waals surface area contributed by atoms with Crippen LogP contribution in [0.3, 0.4) is 0 Å². The van der Waals surface area contributed by atoms with E-state index in [1.807, 2.05) is 0 Å². The Labute approximate surface area is 109 Å². The van der Waals surface area contributed by atoms with Gasteiger partial charge in [-0.25, -0.2) is 0 Å². The molecule has 3 heteroatoms. The fourth-order valence-corrected chi connectivity index (χ4v) is 2.25. The minimum Gasteiger partial charge on any atom is -0.508 e. The highest BCUT2D eigenvalue weighted by atomic mass is 16.5. The van der Waals surface area contributed by atoms with Crippen LogP contribution in [0.1, 0.15) is 51.5 Å². The molecule has 1 aromatic rings. The van der Waals surface area contributed by atoms with Gasteiger partial charge in [-0.15, -0.1) is 0 Å². The predicted octanol–water partition coefficient (Wildman–Crippen LogP) is 4.04. The fourth-order valence-electron chi connectivity index (χ4n) is 2.25. The van der Waals surface area contributed by atoms with Gasteiger partial charge in [-0.05, 0) is 30.4 Å². The lowest BCUT2D eigenvalue weighted by atomic mass is 9.92. The van der Waals surface area contributed by atoms with E-state index in [1.54, 1.807) is 0 Å². The van der Waals surface area contributed by atoms with Crippen molar-refractivity contribution in [2.45, 2.75) is 46.0 Å². The van der Waals surface area contributed by atoms with Gasteiger partial charge in [0.15, 0.2) is 11.5 Å². The lowest BCUT2D eigenvalue weighted by Crippen LogP contribution is -2.00. The highest BCUT2D eigenvalue weighted by Gasteiger charge is 2.19. The third-order valence-corrected chi connectivity index (χ3v) is 3.27. The molecule has 1 rings (SSSR count). The normalized spacial score (nSPS) is 12.7. The van der Waals surface area contributed by atoms with E-state index in [-0.39, 0.29) is 17.4 Å². The van der Waals surface area contributed by atoms with E-state index in [0.717, 1.165) is 12.8 Å². The van der Waals surface area contributed by atoms with Crippen molar-refractivity contribution >= 4 is 0 Å². The largest absolute Gasteiger partial charge is 0.508 e. The number of phenolic OH excluding ortho intramolecular Hbond substituents is 2. The smallest absolute Gasteiger partial charge is 0.167 e. The molecule has 0 aliphatic carbocycles. The van der Waals surface area contributed by atoms with Gasteiger partial charge in [-0.1, -0.05) is 33.6 Å². The van der Waals surface area contributed by atoms with Crippen molar-refractivity contribution in [3.05, 3.63) is 17.7 Å². The topological polar surface area (TPSA) is 49.7 Å². The predicted molar refractivity (Wildman–Crippen MR) is 73.4 cm³/mol. The van der Waals surface area contributed by atoms with Crippen LogP contribution in [-0.2, 0) is 0 Å². The van der Waals surface area contributed by atoms with Gasteiger partial charge in [0.2, 0.25) is 0 Å². The summed E-state index contributed by atoms with van der Waals surface area (Å²) < 4.78 is 5.20. The molecule has 1 aromatic carbocycles. The highest BCUT2D eigenvalue weighted by molar-refractivity contribution is 5.54. The summed E-state index contributed by atoms with van der Waals surface area (Å²) in [5, 5.41) is 19.7. The first kappa shape index (κ1) is 14.7. The Bertz CT molecular complexity index is 386. The molecule has 0 saturated heterocycles. The van der Waals surface area contributed by atoms with E-state index in [9.17, 15) is 10.2 Å². The van der Waals surface area contributed by atoms with Gasteiger partial charge >= 0.3 is 0 Å². The Kier molecular flexibility index (Phi) is 5.32. The average molecular weight is 252 g/mol. The molecule has 2 N–H and O–H groups in total. The maximum absolute atomic E-state index is 9.93. The summed E-state index contributed by atoms with van der Waals surface area (Å²) in [6.45, 7) is 6.46. The molecule has 0 amide bonds. The first-order valence-electron chi connectivity index (χ1n) is 6.56. The molecule has 1 atom stereocenters. The van der Waals surface area contributed by atoms with E-state index >= 15 is 0 Å². The molecule has 102 valence electrons. The van der Waals surface area contributed by atoms with Crippen LogP contribution in [0.15, 0.2) is 12.1 Å². The van der Waals surface area contributed by atoms with Crippen LogP contribution >= 0.6 is 0 Å². The van der Waals surface area contributed by atoms with E-state index in [2.05, 4.69) is 20.8 Å². The van der Waals surface area contributed by atoms with Crippen molar-refractivity contribution in [3.63, 3.8) is 0 Å². The molecule has 0 aliphatic heterocycles. The molecule has 0 fully saturated rings. The van der Waals surface area contributed by atoms with Crippen molar-refractivity contribution in [2.24, 2.45) is 5.92 Å². The summed E-state index contributed by atoms with van der Waals surface area (Å²) in [4.78, 5) is 0. The number of hydrogen-bond acceptors (Lipinski definition) is 3. The Morgan fingerprint density at radius 1 is 1.06 bits per heavy atom. The van der Waals surface area contributed by atoms with E-state index in [1.165, 1.54) is 25.7 Å². The zero-order valence-corrected chi connectivity index (χ0v) is 11.7. The second-order valence-electron chi connectivity index (χ2n) is 5.28. The first-order chi connectivity index (χ1) is 8.47. The summed E-state index contributed by atoms with van der Waals surface area (Å²) in [6, 6.07) is 2.98. The lowest BCUT2D eigenvalue weighted by Gasteiger charge is -2.18. The van der Waals surface area contributed by atoms with Crippen LogP contribution in [0.5, 0.6) is 17.2 Å². The quantitative estimate of drug-likeness (QED) is 0.751. The molecule has 0 heterocycles.